The van der Waals surface area contributed by atoms with Crippen LogP contribution >= 0.6 is 0 Å². The zero-order valence-corrected chi connectivity index (χ0v) is 28.0. The van der Waals surface area contributed by atoms with E-state index in [1.54, 1.807) is 11.8 Å². The van der Waals surface area contributed by atoms with E-state index in [1.807, 2.05) is 13.8 Å². The van der Waals surface area contributed by atoms with Crippen LogP contribution < -0.4 is 0 Å². The number of phenols is 1. The van der Waals surface area contributed by atoms with Gasteiger partial charge in [0.25, 0.3) is 0 Å². The Morgan fingerprint density at radius 1 is 0.889 bits per heavy atom. The minimum atomic E-state index is -6.09. The van der Waals surface area contributed by atoms with Crippen molar-refractivity contribution < 1.29 is 66.3 Å². The van der Waals surface area contributed by atoms with Crippen LogP contribution in [0.1, 0.15) is 62.5 Å². The molecule has 3 unspecified atom stereocenters. The highest BCUT2D eigenvalue weighted by Gasteiger charge is 2.56. The van der Waals surface area contributed by atoms with E-state index in [1.165, 1.54) is 53.6 Å². The lowest BCUT2D eigenvalue weighted by Gasteiger charge is -2.29. The number of alkyl halides is 7. The molecule has 2 N–H and O–H groups in total. The first kappa shape index (κ1) is 42.0. The third-order valence-electron chi connectivity index (χ3n) is 7.52. The van der Waals surface area contributed by atoms with Crippen molar-refractivity contribution in [3.63, 3.8) is 0 Å². The molecular formula is C26H39F7O8S4. The fourth-order valence-corrected chi connectivity index (χ4v) is 9.00. The zero-order chi connectivity index (χ0) is 34.8. The highest BCUT2D eigenvalue weighted by Crippen LogP contribution is 2.54. The highest BCUT2D eigenvalue weighted by atomic mass is 32.3. The molecule has 2 aliphatic carbocycles. The lowest BCUT2D eigenvalue weighted by Crippen LogP contribution is -2.38. The first-order valence-electron chi connectivity index (χ1n) is 13.9. The lowest BCUT2D eigenvalue weighted by atomic mass is 9.84. The minimum Gasteiger partial charge on any atom is -0.741 e. The van der Waals surface area contributed by atoms with E-state index in [9.17, 15) is 35.8 Å². The van der Waals surface area contributed by atoms with Crippen LogP contribution in [0.2, 0.25) is 0 Å². The number of aryl methyl sites for hydroxylation is 2. The number of phenolic OH excluding ortho intramolecular Hbond substituents is 1. The number of benzene rings is 1. The predicted octanol–water partition coefficient (Wildman–Crippen LogP) is 5.75. The molecule has 0 amide bonds. The number of halogens is 7. The van der Waals surface area contributed by atoms with Crippen molar-refractivity contribution in [2.45, 2.75) is 88.0 Å². The van der Waals surface area contributed by atoms with Crippen molar-refractivity contribution in [3.8, 4) is 5.75 Å². The van der Waals surface area contributed by atoms with Gasteiger partial charge in [0.15, 0.2) is 15.0 Å². The molecule has 19 heteroatoms. The fourth-order valence-electron chi connectivity index (χ4n) is 5.41. The Kier molecular flexibility index (Phi) is 16.8. The molecule has 1 aromatic rings. The van der Waals surface area contributed by atoms with E-state index >= 15 is 0 Å². The van der Waals surface area contributed by atoms with Gasteiger partial charge in [0.05, 0.1) is 0 Å². The van der Waals surface area contributed by atoms with E-state index in [0.29, 0.717) is 29.0 Å². The van der Waals surface area contributed by atoms with Crippen LogP contribution in [-0.4, -0.2) is 76.5 Å². The van der Waals surface area contributed by atoms with E-state index in [2.05, 4.69) is 12.1 Å². The highest BCUT2D eigenvalue weighted by molar-refractivity contribution is 7.97. The smallest absolute Gasteiger partial charge is 0.485 e. The van der Waals surface area contributed by atoms with Gasteiger partial charge in [0.1, 0.15) is 28.8 Å². The molecular weight excluding hydrogens is 702 g/mol. The van der Waals surface area contributed by atoms with Crippen molar-refractivity contribution in [2.75, 3.05) is 23.0 Å². The Hall–Kier alpha value is -0.990. The number of hydrogen-bond donors (Lipinski definition) is 2. The van der Waals surface area contributed by atoms with E-state index in [4.69, 9.17) is 30.5 Å². The largest absolute Gasteiger partial charge is 0.741 e. The summed E-state index contributed by atoms with van der Waals surface area (Å²) in [6, 6.07) is 4.33. The minimum absolute atomic E-state index is 0.144. The van der Waals surface area contributed by atoms with E-state index in [0.717, 1.165) is 30.4 Å². The molecule has 0 aromatic heterocycles. The Morgan fingerprint density at radius 2 is 1.33 bits per heavy atom. The molecule has 5 rings (SSSR count). The Balaban J connectivity index is 0.000000301. The Bertz CT molecular complexity index is 1230. The third kappa shape index (κ3) is 15.2. The molecule has 2 heterocycles. The summed E-state index contributed by atoms with van der Waals surface area (Å²) in [6.45, 7) is 3.98. The van der Waals surface area contributed by atoms with E-state index in [-0.39, 0.29) is 5.92 Å². The van der Waals surface area contributed by atoms with Gasteiger partial charge in [0.2, 0.25) is 10.4 Å². The maximum absolute atomic E-state index is 13.0. The number of rotatable bonds is 3. The summed E-state index contributed by atoms with van der Waals surface area (Å²) in [4.78, 5) is 1.45. The van der Waals surface area contributed by atoms with Gasteiger partial charge in [-0.15, -0.1) is 0 Å². The first-order valence-corrected chi connectivity index (χ1v) is 19.5. The molecule has 4 fully saturated rings. The molecule has 2 bridgehead atoms. The van der Waals surface area contributed by atoms with E-state index < -0.39 is 44.3 Å². The molecule has 4 aliphatic rings. The van der Waals surface area contributed by atoms with Crippen molar-refractivity contribution >= 4 is 43.2 Å². The van der Waals surface area contributed by atoms with Gasteiger partial charge in [-0.2, -0.15) is 22.0 Å². The summed E-state index contributed by atoms with van der Waals surface area (Å²) in [5.41, 5.74) is -3.59. The van der Waals surface area contributed by atoms with Crippen LogP contribution in [0.25, 0.3) is 0 Å². The quantitative estimate of drug-likeness (QED) is 0.0992. The molecule has 2 saturated heterocycles. The number of hydrogen-bond acceptors (Lipinski definition) is 7. The van der Waals surface area contributed by atoms with Gasteiger partial charge in [0, 0.05) is 16.8 Å². The van der Waals surface area contributed by atoms with Gasteiger partial charge in [-0.1, -0.05) is 6.42 Å². The summed E-state index contributed by atoms with van der Waals surface area (Å²) in [5.74, 6) is 1.46. The zero-order valence-electron chi connectivity index (χ0n) is 24.6. The third-order valence-corrected chi connectivity index (χ3v) is 11.8. The normalized spacial score (nSPS) is 23.2. The monoisotopic (exact) mass is 740 g/mol. The molecule has 1 aromatic carbocycles. The summed E-state index contributed by atoms with van der Waals surface area (Å²) >= 11 is 1.69. The molecule has 45 heavy (non-hydrogen) atoms. The Labute approximate surface area is 266 Å². The van der Waals surface area contributed by atoms with Crippen LogP contribution in [0, 0.1) is 31.6 Å². The molecule has 264 valence electrons. The first-order chi connectivity index (χ1) is 20.4. The van der Waals surface area contributed by atoms with Gasteiger partial charge < -0.3 is 14.2 Å². The SMILES string of the molecule is C1CC[SH+]C1.Cc1cc([S+]2CCCC2)cc(C)c1O.FC(F)C(F)(F)C1CC2CCC1C2.O=S(=O)([O-])C(F)(F)F.O=S(=O)([O-])O. The molecule has 0 spiro atoms. The van der Waals surface area contributed by atoms with Crippen molar-refractivity contribution in [1.82, 2.24) is 0 Å². The fraction of sp³-hybridized carbons (Fsp3) is 0.769. The van der Waals surface area contributed by atoms with Crippen molar-refractivity contribution in [3.05, 3.63) is 23.3 Å². The predicted molar refractivity (Wildman–Crippen MR) is 158 cm³/mol. The number of thiol groups is 1. The molecule has 2 aliphatic heterocycles. The van der Waals surface area contributed by atoms with Gasteiger partial charge in [-0.3, -0.25) is 4.55 Å². The Morgan fingerprint density at radius 3 is 1.62 bits per heavy atom. The standard InChI is InChI=1S/C12H16OS.C9H12F4.C4H8S.CHF3O3S.H2O4S/c1-9-7-11(8-10(2)12(9)13)14-5-3-4-6-14;10-8(11)9(12,13)7-4-5-1-2-6(7)3-5;1-2-4-5-3-1;2-1(3,4)8(5,6)7;1-5(2,3)4/h7-8H,3-6H2,1-2H3;5-8H,1-4H2;1-4H2;(H,5,6,7);(H2,1,2,3,4). The summed E-state index contributed by atoms with van der Waals surface area (Å²) in [7, 11) is -10.5. The second-order valence-electron chi connectivity index (χ2n) is 11.0. The van der Waals surface area contributed by atoms with Crippen LogP contribution in [-0.2, 0) is 43.2 Å². The maximum atomic E-state index is 13.0. The molecule has 3 atom stereocenters. The lowest BCUT2D eigenvalue weighted by molar-refractivity contribution is -0.176. The molecule has 2 saturated carbocycles. The summed E-state index contributed by atoms with van der Waals surface area (Å²) < 4.78 is 142. The maximum Gasteiger partial charge on any atom is 0.485 e. The number of aromatic hydroxyl groups is 1. The van der Waals surface area contributed by atoms with Gasteiger partial charge in [-0.25, -0.2) is 25.6 Å². The topological polar surface area (TPSA) is 155 Å². The average molecular weight is 741 g/mol. The van der Waals surface area contributed by atoms with Crippen LogP contribution in [0.4, 0.5) is 30.7 Å². The van der Waals surface area contributed by atoms with Gasteiger partial charge >= 0.3 is 17.9 Å². The van der Waals surface area contributed by atoms with Crippen LogP contribution in [0.3, 0.4) is 0 Å². The summed E-state index contributed by atoms with van der Waals surface area (Å²) in [6.07, 6.45) is 4.97. The van der Waals surface area contributed by atoms with Crippen molar-refractivity contribution in [1.29, 1.82) is 0 Å². The summed E-state index contributed by atoms with van der Waals surface area (Å²) in [5, 5.41) is 9.68. The second kappa shape index (κ2) is 18.0. The second-order valence-corrected chi connectivity index (χ2v) is 16.8. The van der Waals surface area contributed by atoms with Crippen LogP contribution in [0.15, 0.2) is 17.0 Å². The average Bonchev–Trinajstić information content (AvgIpc) is 3.72. The molecule has 8 nitrogen and oxygen atoms in total. The van der Waals surface area contributed by atoms with Crippen molar-refractivity contribution in [2.24, 2.45) is 17.8 Å². The van der Waals surface area contributed by atoms with Gasteiger partial charge in [-0.05, 0) is 106 Å². The number of fused-ring (bicyclic) bond motifs is 2. The molecule has 0 radical (unpaired) electrons. The van der Waals surface area contributed by atoms with Crippen LogP contribution in [0.5, 0.6) is 5.75 Å².